The van der Waals surface area contributed by atoms with Crippen LogP contribution in [0.5, 0.6) is 0 Å². The van der Waals surface area contributed by atoms with Crippen LogP contribution in [0.15, 0.2) is 0 Å². The number of nitrogens with one attached hydrogen (secondary N) is 1. The molecule has 1 saturated heterocycles. The first-order valence-corrected chi connectivity index (χ1v) is 7.05. The molecule has 1 rings (SSSR count). The van der Waals surface area contributed by atoms with Gasteiger partial charge in [-0.1, -0.05) is 6.92 Å². The lowest BCUT2D eigenvalue weighted by Crippen LogP contribution is -2.32. The molecule has 1 N–H and O–H groups in total. The predicted molar refractivity (Wildman–Crippen MR) is 69.2 cm³/mol. The molecule has 0 saturated carbocycles. The summed E-state index contributed by atoms with van der Waals surface area (Å²) in [4.78, 5) is 2.47. The summed E-state index contributed by atoms with van der Waals surface area (Å²) < 4.78 is 39.9. The molecule has 0 aromatic rings. The van der Waals surface area contributed by atoms with Gasteiger partial charge in [-0.25, -0.2) is 0 Å². The highest BCUT2D eigenvalue weighted by atomic mass is 19.4. The van der Waals surface area contributed by atoms with Gasteiger partial charge in [-0.3, -0.25) is 0 Å². The van der Waals surface area contributed by atoms with Crippen LogP contribution < -0.4 is 5.32 Å². The predicted octanol–water partition coefficient (Wildman–Crippen LogP) is 2.28. The lowest BCUT2D eigenvalue weighted by Gasteiger charge is -2.20. The Kier molecular flexibility index (Phi) is 7.71. The maximum atomic E-state index is 11.8. The molecule has 6 heteroatoms. The molecule has 1 fully saturated rings. The summed E-state index contributed by atoms with van der Waals surface area (Å²) in [5, 5.41) is 3.27. The van der Waals surface area contributed by atoms with Crippen molar-refractivity contribution >= 4 is 0 Å². The second kappa shape index (κ2) is 8.76. The molecule has 19 heavy (non-hydrogen) atoms. The van der Waals surface area contributed by atoms with Gasteiger partial charge >= 0.3 is 6.18 Å². The van der Waals surface area contributed by atoms with Gasteiger partial charge in [0.1, 0.15) is 6.61 Å². The van der Waals surface area contributed by atoms with Crippen LogP contribution >= 0.6 is 0 Å². The van der Waals surface area contributed by atoms with Crippen LogP contribution in [0.4, 0.5) is 13.2 Å². The second-order valence-electron chi connectivity index (χ2n) is 5.34. The molecule has 1 aliphatic heterocycles. The molecule has 3 nitrogen and oxygen atoms in total. The Morgan fingerprint density at radius 3 is 2.58 bits per heavy atom. The number of rotatable bonds is 9. The maximum absolute atomic E-state index is 11.8. The summed E-state index contributed by atoms with van der Waals surface area (Å²) in [6.07, 6.45) is -0.989. The Balaban J connectivity index is 1.87. The van der Waals surface area contributed by atoms with E-state index in [0.29, 0.717) is 18.9 Å². The highest BCUT2D eigenvalue weighted by molar-refractivity contribution is 4.69. The molecule has 0 aliphatic carbocycles. The average molecular weight is 282 g/mol. The van der Waals surface area contributed by atoms with E-state index < -0.39 is 12.8 Å². The first kappa shape index (κ1) is 16.7. The lowest BCUT2D eigenvalue weighted by molar-refractivity contribution is -0.173. The van der Waals surface area contributed by atoms with Crippen molar-refractivity contribution in [2.75, 3.05) is 45.9 Å². The van der Waals surface area contributed by atoms with Crippen LogP contribution in [-0.4, -0.2) is 57.0 Å². The van der Waals surface area contributed by atoms with Gasteiger partial charge < -0.3 is 15.0 Å². The number of ether oxygens (including phenoxy) is 1. The Morgan fingerprint density at radius 2 is 1.95 bits per heavy atom. The fraction of sp³-hybridized carbons (Fsp3) is 1.00. The first-order valence-electron chi connectivity index (χ1n) is 7.05. The second-order valence-corrected chi connectivity index (χ2v) is 5.34. The smallest absolute Gasteiger partial charge is 0.372 e. The lowest BCUT2D eigenvalue weighted by atomic mass is 10.1. The summed E-state index contributed by atoms with van der Waals surface area (Å²) in [7, 11) is 0. The minimum atomic E-state index is -4.21. The molecule has 0 spiro atoms. The van der Waals surface area contributed by atoms with Gasteiger partial charge in [-0.05, 0) is 51.4 Å². The van der Waals surface area contributed by atoms with Crippen molar-refractivity contribution in [3.63, 3.8) is 0 Å². The zero-order chi connectivity index (χ0) is 14.1. The molecule has 1 unspecified atom stereocenters. The Bertz CT molecular complexity index is 230. The number of hydrogen-bond acceptors (Lipinski definition) is 3. The Hall–Kier alpha value is -0.330. The van der Waals surface area contributed by atoms with Crippen LogP contribution in [-0.2, 0) is 4.74 Å². The number of nitrogens with zero attached hydrogens (tertiary/aromatic N) is 1. The third-order valence-corrected chi connectivity index (χ3v) is 3.17. The molecule has 114 valence electrons. The van der Waals surface area contributed by atoms with Crippen molar-refractivity contribution in [1.29, 1.82) is 0 Å². The molecule has 1 atom stereocenters. The number of halogens is 3. The van der Waals surface area contributed by atoms with Gasteiger partial charge in [-0.15, -0.1) is 0 Å². The van der Waals surface area contributed by atoms with Gasteiger partial charge in [-0.2, -0.15) is 13.2 Å². The summed E-state index contributed by atoms with van der Waals surface area (Å²) >= 11 is 0. The maximum Gasteiger partial charge on any atom is 0.411 e. The third kappa shape index (κ3) is 9.24. The summed E-state index contributed by atoms with van der Waals surface area (Å²) in [5.41, 5.74) is 0. The monoisotopic (exact) mass is 282 g/mol. The van der Waals surface area contributed by atoms with Crippen LogP contribution in [0.3, 0.4) is 0 Å². The van der Waals surface area contributed by atoms with Crippen LogP contribution in [0.1, 0.15) is 26.2 Å². The van der Waals surface area contributed by atoms with Crippen molar-refractivity contribution in [3.05, 3.63) is 0 Å². The molecule has 0 radical (unpaired) electrons. The number of likely N-dealkylation sites (tertiary alicyclic amines) is 1. The van der Waals surface area contributed by atoms with E-state index in [4.69, 9.17) is 0 Å². The molecule has 1 heterocycles. The minimum absolute atomic E-state index is 0.160. The number of alkyl halides is 3. The zero-order valence-corrected chi connectivity index (χ0v) is 11.6. The average Bonchev–Trinajstić information content (AvgIpc) is 2.79. The van der Waals surface area contributed by atoms with Crippen LogP contribution in [0.2, 0.25) is 0 Å². The highest BCUT2D eigenvalue weighted by Crippen LogP contribution is 2.14. The first-order chi connectivity index (χ1) is 8.97. The minimum Gasteiger partial charge on any atom is -0.372 e. The Morgan fingerprint density at radius 1 is 1.26 bits per heavy atom. The normalized spacial score (nSPS) is 18.9. The van der Waals surface area contributed by atoms with Gasteiger partial charge in [0.2, 0.25) is 0 Å². The van der Waals surface area contributed by atoms with Crippen molar-refractivity contribution in [2.45, 2.75) is 32.4 Å². The number of hydrogen-bond donors (Lipinski definition) is 1. The van der Waals surface area contributed by atoms with E-state index in [2.05, 4.69) is 21.9 Å². The molecule has 0 bridgehead atoms. The van der Waals surface area contributed by atoms with E-state index in [0.717, 1.165) is 13.1 Å². The largest absolute Gasteiger partial charge is 0.411 e. The molecule has 1 aliphatic rings. The van der Waals surface area contributed by atoms with E-state index in [-0.39, 0.29) is 6.61 Å². The fourth-order valence-corrected chi connectivity index (χ4v) is 2.31. The van der Waals surface area contributed by atoms with E-state index in [1.165, 1.54) is 25.9 Å². The molecular weight excluding hydrogens is 257 g/mol. The van der Waals surface area contributed by atoms with Crippen molar-refractivity contribution in [1.82, 2.24) is 10.2 Å². The molecular formula is C13H25F3N2O. The summed E-state index contributed by atoms with van der Waals surface area (Å²) in [6, 6.07) is 0. The van der Waals surface area contributed by atoms with Gasteiger partial charge in [0.25, 0.3) is 0 Å². The third-order valence-electron chi connectivity index (χ3n) is 3.17. The zero-order valence-electron chi connectivity index (χ0n) is 11.6. The fourth-order valence-electron chi connectivity index (χ4n) is 2.31. The summed E-state index contributed by atoms with van der Waals surface area (Å²) in [6.45, 7) is 6.36. The van der Waals surface area contributed by atoms with E-state index in [1.807, 2.05) is 0 Å². The summed E-state index contributed by atoms with van der Waals surface area (Å²) in [5.74, 6) is 0.578. The van der Waals surface area contributed by atoms with Crippen molar-refractivity contribution in [2.24, 2.45) is 5.92 Å². The molecule has 0 amide bonds. The van der Waals surface area contributed by atoms with Gasteiger partial charge in [0, 0.05) is 13.2 Å². The van der Waals surface area contributed by atoms with E-state index >= 15 is 0 Å². The van der Waals surface area contributed by atoms with Gasteiger partial charge in [0.05, 0.1) is 0 Å². The molecule has 0 aromatic heterocycles. The Labute approximate surface area is 113 Å². The van der Waals surface area contributed by atoms with Crippen LogP contribution in [0, 0.1) is 5.92 Å². The van der Waals surface area contributed by atoms with Crippen LogP contribution in [0.25, 0.3) is 0 Å². The standard InChI is InChI=1S/C13H25F3N2O/c1-12(10-18-6-2-3-7-18)9-17-5-4-8-19-11-13(14,15)16/h12,17H,2-11H2,1H3. The molecule has 0 aromatic carbocycles. The van der Waals surface area contributed by atoms with E-state index in [1.54, 1.807) is 0 Å². The SMILES string of the molecule is CC(CNCCCOCC(F)(F)F)CN1CCCC1. The topological polar surface area (TPSA) is 24.5 Å². The van der Waals surface area contributed by atoms with Crippen molar-refractivity contribution < 1.29 is 17.9 Å². The van der Waals surface area contributed by atoms with Gasteiger partial charge in [0.15, 0.2) is 0 Å². The van der Waals surface area contributed by atoms with Crippen molar-refractivity contribution in [3.8, 4) is 0 Å². The quantitative estimate of drug-likeness (QED) is 0.657. The van der Waals surface area contributed by atoms with E-state index in [9.17, 15) is 13.2 Å². The highest BCUT2D eigenvalue weighted by Gasteiger charge is 2.27.